The molecule has 0 N–H and O–H groups in total. The van der Waals surface area contributed by atoms with Crippen LogP contribution >= 0.6 is 7.92 Å². The molecule has 0 amide bonds. The van der Waals surface area contributed by atoms with Crippen molar-refractivity contribution in [3.63, 3.8) is 0 Å². The fourth-order valence-corrected chi connectivity index (χ4v) is 4.48. The average Bonchev–Trinajstić information content (AvgIpc) is 2.58. The van der Waals surface area contributed by atoms with Crippen LogP contribution < -0.4 is 15.9 Å². The van der Waals surface area contributed by atoms with Gasteiger partial charge in [0, 0.05) is 0 Å². The van der Waals surface area contributed by atoms with Gasteiger partial charge in [-0.15, -0.1) is 0 Å². The summed E-state index contributed by atoms with van der Waals surface area (Å²) in [7, 11) is -0.446. The second-order valence-corrected chi connectivity index (χ2v) is 6.81. The lowest BCUT2D eigenvalue weighted by atomic mass is 10.4. The van der Waals surface area contributed by atoms with E-state index in [0.717, 1.165) is 0 Å². The molecular formula is C19H16F3P. The molecule has 3 rings (SSSR count). The topological polar surface area (TPSA) is 0 Å². The molecule has 118 valence electrons. The molecule has 0 nitrogen and oxygen atoms in total. The smallest absolute Gasteiger partial charge is 0.174 e. The molecule has 0 bridgehead atoms. The van der Waals surface area contributed by atoms with Crippen LogP contribution in [0.25, 0.3) is 0 Å². The fraction of sp³-hybridized carbons (Fsp3) is 0.0526. The van der Waals surface area contributed by atoms with Crippen molar-refractivity contribution >= 4 is 23.8 Å². The molecule has 0 saturated heterocycles. The van der Waals surface area contributed by atoms with Crippen LogP contribution in [0.2, 0.25) is 0 Å². The normalized spacial score (nSPS) is 10.3. The van der Waals surface area contributed by atoms with Gasteiger partial charge in [0.25, 0.3) is 0 Å². The SMILES string of the molecule is FC(F)F.c1ccc(P(c2ccccc2)c2ccccc2)cc1. The molecule has 0 aromatic heterocycles. The Morgan fingerprint density at radius 1 is 0.478 bits per heavy atom. The lowest BCUT2D eigenvalue weighted by Crippen LogP contribution is -2.20. The van der Waals surface area contributed by atoms with E-state index in [2.05, 4.69) is 91.0 Å². The molecule has 0 radical (unpaired) electrons. The van der Waals surface area contributed by atoms with Crippen LogP contribution in [0.1, 0.15) is 0 Å². The second-order valence-electron chi connectivity index (χ2n) is 4.59. The zero-order chi connectivity index (χ0) is 16.5. The largest absolute Gasteiger partial charge is 0.379 e. The molecule has 0 fully saturated rings. The molecule has 4 heteroatoms. The summed E-state index contributed by atoms with van der Waals surface area (Å²) in [6.45, 7) is -3.67. The van der Waals surface area contributed by atoms with Crippen LogP contribution in [0.4, 0.5) is 13.2 Å². The van der Waals surface area contributed by atoms with Crippen molar-refractivity contribution < 1.29 is 13.2 Å². The molecule has 0 spiro atoms. The minimum Gasteiger partial charge on any atom is -0.174 e. The molecule has 0 aliphatic heterocycles. The van der Waals surface area contributed by atoms with Gasteiger partial charge in [-0.25, -0.2) is 0 Å². The maximum atomic E-state index is 9.67. The highest BCUT2D eigenvalue weighted by atomic mass is 31.1. The van der Waals surface area contributed by atoms with Crippen LogP contribution in [0, 0.1) is 0 Å². The van der Waals surface area contributed by atoms with Crippen molar-refractivity contribution in [2.24, 2.45) is 0 Å². The zero-order valence-electron chi connectivity index (χ0n) is 12.3. The Balaban J connectivity index is 0.000000433. The van der Waals surface area contributed by atoms with Crippen molar-refractivity contribution in [1.82, 2.24) is 0 Å². The third-order valence-electron chi connectivity index (χ3n) is 3.04. The first-order valence-corrected chi connectivity index (χ1v) is 8.40. The summed E-state index contributed by atoms with van der Waals surface area (Å²) in [5, 5.41) is 4.19. The molecule has 0 aliphatic carbocycles. The highest BCUT2D eigenvalue weighted by molar-refractivity contribution is 7.79. The van der Waals surface area contributed by atoms with E-state index < -0.39 is 14.6 Å². The summed E-state index contributed by atoms with van der Waals surface area (Å²) in [4.78, 5) is 0. The van der Waals surface area contributed by atoms with Gasteiger partial charge in [-0.2, -0.15) is 13.2 Å². The Morgan fingerprint density at radius 3 is 0.913 bits per heavy atom. The van der Waals surface area contributed by atoms with Gasteiger partial charge in [0.1, 0.15) is 0 Å². The van der Waals surface area contributed by atoms with Gasteiger partial charge in [0.15, 0.2) is 0 Å². The van der Waals surface area contributed by atoms with E-state index in [9.17, 15) is 13.2 Å². The van der Waals surface area contributed by atoms with Crippen molar-refractivity contribution in [1.29, 1.82) is 0 Å². The van der Waals surface area contributed by atoms with Crippen LogP contribution in [0.5, 0.6) is 0 Å². The van der Waals surface area contributed by atoms with Crippen molar-refractivity contribution in [3.05, 3.63) is 91.0 Å². The first-order chi connectivity index (χ1) is 11.2. The maximum absolute atomic E-state index is 9.67. The standard InChI is InChI=1S/C18H15P.CHF3/c1-4-10-16(11-5-1)19(17-12-6-2-7-13-17)18-14-8-3-9-15-18;2-1(3)4/h1-15H;1H. The Kier molecular flexibility index (Phi) is 6.83. The van der Waals surface area contributed by atoms with E-state index in [1.54, 1.807) is 0 Å². The predicted octanol–water partition coefficient (Wildman–Crippen LogP) is 4.62. The second kappa shape index (κ2) is 9.12. The van der Waals surface area contributed by atoms with Crippen molar-refractivity contribution in [2.75, 3.05) is 0 Å². The van der Waals surface area contributed by atoms with Gasteiger partial charge in [0.2, 0.25) is 0 Å². The van der Waals surface area contributed by atoms with Gasteiger partial charge in [-0.3, -0.25) is 0 Å². The van der Waals surface area contributed by atoms with Gasteiger partial charge < -0.3 is 0 Å². The molecule has 3 aromatic rings. The Labute approximate surface area is 135 Å². The van der Waals surface area contributed by atoms with Crippen LogP contribution in [0.15, 0.2) is 91.0 Å². The van der Waals surface area contributed by atoms with E-state index in [4.69, 9.17) is 0 Å². The Morgan fingerprint density at radius 2 is 0.696 bits per heavy atom. The summed E-state index contributed by atoms with van der Waals surface area (Å²) in [6, 6.07) is 32.3. The minimum atomic E-state index is -3.67. The molecule has 0 aliphatic rings. The lowest BCUT2D eigenvalue weighted by Gasteiger charge is -2.18. The summed E-state index contributed by atoms with van der Waals surface area (Å²) in [5.41, 5.74) is 0. The van der Waals surface area contributed by atoms with Crippen molar-refractivity contribution in [2.45, 2.75) is 6.68 Å². The van der Waals surface area contributed by atoms with E-state index in [0.29, 0.717) is 0 Å². The van der Waals surface area contributed by atoms with E-state index >= 15 is 0 Å². The molecule has 3 aromatic carbocycles. The lowest BCUT2D eigenvalue weighted by molar-refractivity contribution is 0.00819. The van der Waals surface area contributed by atoms with E-state index in [1.807, 2.05) is 0 Å². The summed E-state index contributed by atoms with van der Waals surface area (Å²) < 4.78 is 29.0. The summed E-state index contributed by atoms with van der Waals surface area (Å²) in [5.74, 6) is 0. The number of hydrogen-bond acceptors (Lipinski definition) is 0. The number of halogens is 3. The van der Waals surface area contributed by atoms with Crippen LogP contribution in [-0.2, 0) is 0 Å². The van der Waals surface area contributed by atoms with Crippen molar-refractivity contribution in [3.8, 4) is 0 Å². The number of alkyl halides is 3. The van der Waals surface area contributed by atoms with Gasteiger partial charge in [0.05, 0.1) is 0 Å². The highest BCUT2D eigenvalue weighted by Crippen LogP contribution is 2.32. The third kappa shape index (κ3) is 5.54. The number of benzene rings is 3. The Hall–Kier alpha value is -2.12. The predicted molar refractivity (Wildman–Crippen MR) is 92.3 cm³/mol. The third-order valence-corrected chi connectivity index (χ3v) is 5.49. The first kappa shape index (κ1) is 17.2. The zero-order valence-corrected chi connectivity index (χ0v) is 13.2. The molecule has 23 heavy (non-hydrogen) atoms. The molecule has 0 saturated carbocycles. The maximum Gasteiger partial charge on any atom is 0.379 e. The molecule has 0 heterocycles. The molecular weight excluding hydrogens is 316 g/mol. The average molecular weight is 332 g/mol. The molecule has 0 unspecified atom stereocenters. The van der Waals surface area contributed by atoms with Gasteiger partial charge in [-0.05, 0) is 23.8 Å². The number of hydrogen-bond donors (Lipinski definition) is 0. The quantitative estimate of drug-likeness (QED) is 0.614. The fourth-order valence-electron chi connectivity index (χ4n) is 2.18. The minimum absolute atomic E-state index is 0.446. The number of rotatable bonds is 3. The highest BCUT2D eigenvalue weighted by Gasteiger charge is 2.14. The monoisotopic (exact) mass is 332 g/mol. The summed E-state index contributed by atoms with van der Waals surface area (Å²) in [6.07, 6.45) is 0. The van der Waals surface area contributed by atoms with Gasteiger partial charge in [-0.1, -0.05) is 91.0 Å². The summed E-state index contributed by atoms with van der Waals surface area (Å²) >= 11 is 0. The van der Waals surface area contributed by atoms with Crippen LogP contribution in [-0.4, -0.2) is 6.68 Å². The Bertz CT molecular complexity index is 576. The molecule has 0 atom stereocenters. The van der Waals surface area contributed by atoms with Crippen LogP contribution in [0.3, 0.4) is 0 Å². The van der Waals surface area contributed by atoms with E-state index in [-0.39, 0.29) is 0 Å². The first-order valence-electron chi connectivity index (χ1n) is 7.06. The van der Waals surface area contributed by atoms with E-state index in [1.165, 1.54) is 15.9 Å². The van der Waals surface area contributed by atoms with Gasteiger partial charge >= 0.3 is 6.68 Å².